The molecule has 0 bridgehead atoms. The third-order valence-corrected chi connectivity index (χ3v) is 20.2. The van der Waals surface area contributed by atoms with Crippen LogP contribution in [0, 0.1) is 0 Å². The van der Waals surface area contributed by atoms with E-state index >= 15 is 0 Å². The second-order valence-electron chi connectivity index (χ2n) is 29.5. The lowest BCUT2D eigenvalue weighted by Gasteiger charge is -2.40. The van der Waals surface area contributed by atoms with E-state index in [0.717, 1.165) is 64.2 Å². The Morgan fingerprint density at radius 3 is 1.05 bits per heavy atom. The lowest BCUT2D eigenvalue weighted by atomic mass is 9.99. The molecule has 570 valence electrons. The van der Waals surface area contributed by atoms with E-state index in [2.05, 4.69) is 55.6 Å². The van der Waals surface area contributed by atoms with Crippen molar-refractivity contribution in [2.75, 3.05) is 19.8 Å². The van der Waals surface area contributed by atoms with E-state index in [0.29, 0.717) is 19.4 Å². The summed E-state index contributed by atoms with van der Waals surface area (Å²) in [6.45, 7) is 4.38. The standard InChI is InChI=1S/C86H161NO10/c1-3-5-7-9-11-13-15-16-17-18-40-44-47-50-54-58-62-66-70-74-82(91)95-75-71-67-63-59-55-51-48-45-42-39-37-35-33-31-29-27-25-23-21-19-20-22-24-26-28-30-32-34-36-38-41-43-46-49-53-57-61-65-69-73-81(90)87-78(77-96-86-85(94)84(93)83(92)80(76-88)97-86)79(89)72-68-64-60-56-52-14-12-10-8-6-4-2/h16-17,19-20,23,25,68,72,78-80,83-86,88-89,92-94H,3-15,18,21-22,24,26-67,69-71,73-77H2,1-2H3,(H,87,90)/b17-16-,20-19-,25-23-,72-68+. The van der Waals surface area contributed by atoms with Crippen LogP contribution in [-0.4, -0.2) is 100 Å². The number of unbranched alkanes of at least 4 members (excludes halogenated alkanes) is 56. The molecule has 1 saturated heterocycles. The predicted molar refractivity (Wildman–Crippen MR) is 412 cm³/mol. The number of hydrogen-bond acceptors (Lipinski definition) is 10. The topological polar surface area (TPSA) is 175 Å². The van der Waals surface area contributed by atoms with Crippen LogP contribution in [0.2, 0.25) is 0 Å². The molecule has 1 aliphatic rings. The maximum atomic E-state index is 13.1. The summed E-state index contributed by atoms with van der Waals surface area (Å²) < 4.78 is 16.8. The van der Waals surface area contributed by atoms with E-state index < -0.39 is 49.5 Å². The Bertz CT molecular complexity index is 1750. The Morgan fingerprint density at radius 1 is 0.381 bits per heavy atom. The van der Waals surface area contributed by atoms with Gasteiger partial charge in [-0.15, -0.1) is 0 Å². The smallest absolute Gasteiger partial charge is 0.305 e. The summed E-state index contributed by atoms with van der Waals surface area (Å²) in [5.74, 6) is -0.163. The van der Waals surface area contributed by atoms with Crippen LogP contribution in [0.1, 0.15) is 425 Å². The molecule has 1 amide bonds. The Balaban J connectivity index is 1.86. The monoisotopic (exact) mass is 1370 g/mol. The molecule has 0 aliphatic carbocycles. The largest absolute Gasteiger partial charge is 0.466 e. The third-order valence-electron chi connectivity index (χ3n) is 20.2. The highest BCUT2D eigenvalue weighted by atomic mass is 16.7. The van der Waals surface area contributed by atoms with Crippen LogP contribution in [0.3, 0.4) is 0 Å². The van der Waals surface area contributed by atoms with Gasteiger partial charge < -0.3 is 45.1 Å². The van der Waals surface area contributed by atoms with Gasteiger partial charge in [0.05, 0.1) is 32.0 Å². The maximum absolute atomic E-state index is 13.1. The van der Waals surface area contributed by atoms with Crippen molar-refractivity contribution >= 4 is 11.9 Å². The molecule has 0 saturated carbocycles. The van der Waals surface area contributed by atoms with Gasteiger partial charge >= 0.3 is 5.97 Å². The zero-order valence-corrected chi connectivity index (χ0v) is 63.8. The van der Waals surface area contributed by atoms with Gasteiger partial charge in [-0.2, -0.15) is 0 Å². The predicted octanol–water partition coefficient (Wildman–Crippen LogP) is 23.4. The first-order valence-corrected chi connectivity index (χ1v) is 42.4. The fourth-order valence-corrected chi connectivity index (χ4v) is 13.5. The van der Waals surface area contributed by atoms with Gasteiger partial charge in [0.2, 0.25) is 5.91 Å². The number of nitrogens with one attached hydrogen (secondary N) is 1. The fourth-order valence-electron chi connectivity index (χ4n) is 13.5. The van der Waals surface area contributed by atoms with Crippen LogP contribution in [0.25, 0.3) is 0 Å². The van der Waals surface area contributed by atoms with Crippen molar-refractivity contribution in [2.24, 2.45) is 0 Å². The normalized spacial score (nSPS) is 17.5. The first kappa shape index (κ1) is 92.6. The summed E-state index contributed by atoms with van der Waals surface area (Å²) in [4.78, 5) is 25.2. The number of carbonyl (C=O) groups excluding carboxylic acids is 2. The number of carbonyl (C=O) groups is 2. The number of hydrogen-bond donors (Lipinski definition) is 6. The van der Waals surface area contributed by atoms with Crippen molar-refractivity contribution in [3.63, 3.8) is 0 Å². The van der Waals surface area contributed by atoms with Gasteiger partial charge in [-0.25, -0.2) is 0 Å². The number of esters is 1. The van der Waals surface area contributed by atoms with Gasteiger partial charge in [-0.3, -0.25) is 9.59 Å². The number of aliphatic hydroxyl groups is 5. The van der Waals surface area contributed by atoms with E-state index in [1.54, 1.807) is 6.08 Å². The molecule has 0 aromatic rings. The highest BCUT2D eigenvalue weighted by Gasteiger charge is 2.44. The van der Waals surface area contributed by atoms with E-state index in [-0.39, 0.29) is 18.5 Å². The van der Waals surface area contributed by atoms with Crippen molar-refractivity contribution in [1.82, 2.24) is 5.32 Å². The maximum Gasteiger partial charge on any atom is 0.305 e. The van der Waals surface area contributed by atoms with Crippen molar-refractivity contribution in [2.45, 2.75) is 468 Å². The summed E-state index contributed by atoms with van der Waals surface area (Å²) in [6.07, 6.45) is 90.3. The number of aliphatic hydroxyl groups excluding tert-OH is 5. The summed E-state index contributed by atoms with van der Waals surface area (Å²) in [6, 6.07) is -0.807. The minimum Gasteiger partial charge on any atom is -0.466 e. The van der Waals surface area contributed by atoms with E-state index in [1.165, 1.54) is 334 Å². The van der Waals surface area contributed by atoms with E-state index in [1.807, 2.05) is 6.08 Å². The average Bonchev–Trinajstić information content (AvgIpc) is 0.924. The van der Waals surface area contributed by atoms with Crippen LogP contribution >= 0.6 is 0 Å². The van der Waals surface area contributed by atoms with Crippen LogP contribution in [-0.2, 0) is 23.8 Å². The van der Waals surface area contributed by atoms with Gasteiger partial charge in [0.15, 0.2) is 6.29 Å². The van der Waals surface area contributed by atoms with Crippen LogP contribution in [0.4, 0.5) is 0 Å². The van der Waals surface area contributed by atoms with Crippen LogP contribution in [0.5, 0.6) is 0 Å². The molecule has 0 aromatic carbocycles. The molecule has 97 heavy (non-hydrogen) atoms. The number of ether oxygens (including phenoxy) is 3. The van der Waals surface area contributed by atoms with E-state index in [4.69, 9.17) is 14.2 Å². The fraction of sp³-hybridized carbons (Fsp3) is 0.884. The van der Waals surface area contributed by atoms with Crippen molar-refractivity contribution in [3.8, 4) is 0 Å². The Hall–Kier alpha value is -2.38. The second kappa shape index (κ2) is 74.8. The average molecular weight is 1370 g/mol. The quantitative estimate of drug-likeness (QED) is 0.0195. The second-order valence-corrected chi connectivity index (χ2v) is 29.5. The van der Waals surface area contributed by atoms with Gasteiger partial charge in [-0.05, 0) is 89.9 Å². The first-order chi connectivity index (χ1) is 47.7. The summed E-state index contributed by atoms with van der Waals surface area (Å²) in [5, 5.41) is 54.5. The molecule has 1 heterocycles. The molecule has 1 fully saturated rings. The third kappa shape index (κ3) is 63.1. The molecular formula is C86H161NO10. The molecule has 11 heteroatoms. The van der Waals surface area contributed by atoms with Gasteiger partial charge in [0.25, 0.3) is 0 Å². The highest BCUT2D eigenvalue weighted by Crippen LogP contribution is 2.24. The van der Waals surface area contributed by atoms with Crippen molar-refractivity contribution in [1.29, 1.82) is 0 Å². The summed E-state index contributed by atoms with van der Waals surface area (Å²) in [5.41, 5.74) is 0. The van der Waals surface area contributed by atoms with Gasteiger partial charge in [-0.1, -0.05) is 371 Å². The SMILES string of the molecule is CCCCCCCC/C=C\CCCCCCCCCCCC(=O)OCCCCCCCCCCCCCCCCC/C=C\C/C=C\CCCCCCCCCCCCCCCCCCCC(=O)NC(COC1OC(CO)C(O)C(O)C1O)C(O)/C=C/CCCCCCCCCCC. The number of amides is 1. The minimum absolute atomic E-state index is 0.0148. The minimum atomic E-state index is -1.57. The Morgan fingerprint density at radius 2 is 0.691 bits per heavy atom. The van der Waals surface area contributed by atoms with Crippen LogP contribution in [0.15, 0.2) is 48.6 Å². The highest BCUT2D eigenvalue weighted by molar-refractivity contribution is 5.76. The molecule has 0 spiro atoms. The summed E-state index contributed by atoms with van der Waals surface area (Å²) >= 11 is 0. The number of rotatable bonds is 76. The molecule has 1 aliphatic heterocycles. The molecule has 11 nitrogen and oxygen atoms in total. The lowest BCUT2D eigenvalue weighted by molar-refractivity contribution is -0.302. The molecule has 1 rings (SSSR count). The number of allylic oxidation sites excluding steroid dienone is 7. The zero-order valence-electron chi connectivity index (χ0n) is 63.8. The molecule has 0 aromatic heterocycles. The lowest BCUT2D eigenvalue weighted by Crippen LogP contribution is -2.60. The van der Waals surface area contributed by atoms with Gasteiger partial charge in [0, 0.05) is 12.8 Å². The molecule has 6 N–H and O–H groups in total. The van der Waals surface area contributed by atoms with Crippen LogP contribution < -0.4 is 5.32 Å². The van der Waals surface area contributed by atoms with Crippen molar-refractivity contribution in [3.05, 3.63) is 48.6 Å². The Kier molecular flexibility index (Phi) is 71.4. The molecule has 0 radical (unpaired) electrons. The summed E-state index contributed by atoms with van der Waals surface area (Å²) in [7, 11) is 0. The molecular weight excluding hydrogens is 1210 g/mol. The molecule has 7 atom stereocenters. The first-order valence-electron chi connectivity index (χ1n) is 42.4. The molecule has 7 unspecified atom stereocenters. The zero-order chi connectivity index (χ0) is 70.1. The van der Waals surface area contributed by atoms with Crippen molar-refractivity contribution < 1.29 is 49.3 Å². The Labute approximate surface area is 599 Å². The van der Waals surface area contributed by atoms with E-state index in [9.17, 15) is 35.1 Å². The van der Waals surface area contributed by atoms with Gasteiger partial charge in [0.1, 0.15) is 24.4 Å².